The van der Waals surface area contributed by atoms with Gasteiger partial charge in [-0.3, -0.25) is 18.9 Å². The molecule has 0 saturated heterocycles. The van der Waals surface area contributed by atoms with E-state index >= 15 is 0 Å². The summed E-state index contributed by atoms with van der Waals surface area (Å²) in [5.41, 5.74) is 2.63. The Bertz CT molecular complexity index is 961. The first-order valence-corrected chi connectivity index (χ1v) is 10.3. The van der Waals surface area contributed by atoms with E-state index in [-0.39, 0.29) is 6.54 Å². The number of nitrogens with zero attached hydrogens (tertiary/aromatic N) is 2. The van der Waals surface area contributed by atoms with E-state index in [1.807, 2.05) is 0 Å². The maximum atomic E-state index is 12.1. The van der Waals surface area contributed by atoms with E-state index in [9.17, 15) is 18.0 Å². The fraction of sp³-hybridized carbons (Fsp3) is 0.278. The van der Waals surface area contributed by atoms with Gasteiger partial charge in [-0.1, -0.05) is 6.07 Å². The van der Waals surface area contributed by atoms with Crippen molar-refractivity contribution >= 4 is 33.2 Å². The summed E-state index contributed by atoms with van der Waals surface area (Å²) in [6.45, 7) is 0.608. The molecule has 0 fully saturated rings. The first-order valence-electron chi connectivity index (χ1n) is 8.43. The summed E-state index contributed by atoms with van der Waals surface area (Å²) in [5.74, 6) is -1.59. The Balaban J connectivity index is 1.68. The SMILES string of the molecule is CS(=O)(=O)N1CCCc2ccc(NC(=O)C(=O)NCc3ccncc3)cc21. The highest BCUT2D eigenvalue weighted by Gasteiger charge is 2.24. The third kappa shape index (κ3) is 4.62. The van der Waals surface area contributed by atoms with Gasteiger partial charge in [0.2, 0.25) is 10.0 Å². The third-order valence-corrected chi connectivity index (χ3v) is 5.41. The molecule has 3 rings (SSSR count). The van der Waals surface area contributed by atoms with Crippen LogP contribution in [0.2, 0.25) is 0 Å². The zero-order valence-corrected chi connectivity index (χ0v) is 15.6. The molecule has 27 heavy (non-hydrogen) atoms. The molecule has 0 saturated carbocycles. The summed E-state index contributed by atoms with van der Waals surface area (Å²) < 4.78 is 25.3. The van der Waals surface area contributed by atoms with E-state index in [2.05, 4.69) is 15.6 Å². The molecule has 8 nitrogen and oxygen atoms in total. The quantitative estimate of drug-likeness (QED) is 0.761. The standard InChI is InChI=1S/C18H20N4O4S/c1-27(25,26)22-10-2-3-14-4-5-15(11-16(14)22)21-18(24)17(23)20-12-13-6-8-19-9-7-13/h4-9,11H,2-3,10,12H2,1H3,(H,20,23)(H,21,24). The maximum absolute atomic E-state index is 12.1. The molecule has 0 aliphatic carbocycles. The van der Waals surface area contributed by atoms with E-state index in [1.54, 1.807) is 42.7 Å². The van der Waals surface area contributed by atoms with Gasteiger partial charge in [0.05, 0.1) is 11.9 Å². The van der Waals surface area contributed by atoms with Crippen molar-refractivity contribution in [1.82, 2.24) is 10.3 Å². The van der Waals surface area contributed by atoms with E-state index in [1.165, 1.54) is 4.31 Å². The van der Waals surface area contributed by atoms with Crippen LogP contribution < -0.4 is 14.9 Å². The van der Waals surface area contributed by atoms with E-state index in [0.29, 0.717) is 17.9 Å². The molecule has 2 heterocycles. The number of nitrogens with one attached hydrogen (secondary N) is 2. The first kappa shape index (κ1) is 18.8. The van der Waals surface area contributed by atoms with Crippen LogP contribution in [0.4, 0.5) is 11.4 Å². The average Bonchev–Trinajstić information content (AvgIpc) is 2.65. The molecule has 2 amide bonds. The number of fused-ring (bicyclic) bond motifs is 1. The molecule has 0 atom stereocenters. The van der Waals surface area contributed by atoms with Gasteiger partial charge < -0.3 is 10.6 Å². The van der Waals surface area contributed by atoms with Gasteiger partial charge in [0.1, 0.15) is 0 Å². The van der Waals surface area contributed by atoms with Gasteiger partial charge in [-0.15, -0.1) is 0 Å². The minimum atomic E-state index is -3.40. The van der Waals surface area contributed by atoms with Crippen LogP contribution >= 0.6 is 0 Å². The number of sulfonamides is 1. The normalized spacial score (nSPS) is 13.6. The second-order valence-electron chi connectivity index (χ2n) is 6.27. The Morgan fingerprint density at radius 3 is 2.59 bits per heavy atom. The second kappa shape index (κ2) is 7.75. The van der Waals surface area contributed by atoms with Crippen LogP contribution in [0.15, 0.2) is 42.7 Å². The number of carbonyl (C=O) groups is 2. The topological polar surface area (TPSA) is 108 Å². The Kier molecular flexibility index (Phi) is 5.41. The molecule has 1 aliphatic heterocycles. The van der Waals surface area contributed by atoms with Crippen molar-refractivity contribution in [3.63, 3.8) is 0 Å². The fourth-order valence-corrected chi connectivity index (χ4v) is 3.90. The van der Waals surface area contributed by atoms with Crippen molar-refractivity contribution in [2.45, 2.75) is 19.4 Å². The van der Waals surface area contributed by atoms with Crippen molar-refractivity contribution in [1.29, 1.82) is 0 Å². The van der Waals surface area contributed by atoms with Crippen LogP contribution in [0.25, 0.3) is 0 Å². The summed E-state index contributed by atoms with van der Waals surface area (Å²) in [5, 5.41) is 5.04. The summed E-state index contributed by atoms with van der Waals surface area (Å²) in [7, 11) is -3.40. The predicted octanol–water partition coefficient (Wildman–Crippen LogP) is 1.05. The lowest BCUT2D eigenvalue weighted by Crippen LogP contribution is -2.36. The van der Waals surface area contributed by atoms with E-state index < -0.39 is 21.8 Å². The fourth-order valence-electron chi connectivity index (χ4n) is 2.91. The lowest BCUT2D eigenvalue weighted by Gasteiger charge is -2.29. The highest BCUT2D eigenvalue weighted by Crippen LogP contribution is 2.31. The van der Waals surface area contributed by atoms with Gasteiger partial charge in [0.25, 0.3) is 0 Å². The predicted molar refractivity (Wildman–Crippen MR) is 102 cm³/mol. The molecule has 2 N–H and O–H groups in total. The van der Waals surface area contributed by atoms with E-state index in [0.717, 1.165) is 30.2 Å². The van der Waals surface area contributed by atoms with Crippen LogP contribution in [0.5, 0.6) is 0 Å². The van der Waals surface area contributed by atoms with E-state index in [4.69, 9.17) is 0 Å². The number of carbonyl (C=O) groups excluding carboxylic acids is 2. The molecular formula is C18H20N4O4S. The van der Waals surface area contributed by atoms with Crippen molar-refractivity contribution in [3.8, 4) is 0 Å². The number of pyridine rings is 1. The first-order chi connectivity index (χ1) is 12.8. The lowest BCUT2D eigenvalue weighted by molar-refractivity contribution is -0.136. The summed E-state index contributed by atoms with van der Waals surface area (Å²) in [6, 6.07) is 8.50. The van der Waals surface area contributed by atoms with Crippen LogP contribution in [-0.4, -0.2) is 38.0 Å². The smallest absolute Gasteiger partial charge is 0.313 e. The molecular weight excluding hydrogens is 368 g/mol. The van der Waals surface area contributed by atoms with Crippen molar-refractivity contribution in [3.05, 3.63) is 53.9 Å². The van der Waals surface area contributed by atoms with Crippen molar-refractivity contribution < 1.29 is 18.0 Å². The number of aromatic nitrogens is 1. The van der Waals surface area contributed by atoms with Crippen LogP contribution in [0.1, 0.15) is 17.5 Å². The number of hydrogen-bond acceptors (Lipinski definition) is 5. The monoisotopic (exact) mass is 388 g/mol. The zero-order chi connectivity index (χ0) is 19.4. The summed E-state index contributed by atoms with van der Waals surface area (Å²) >= 11 is 0. The highest BCUT2D eigenvalue weighted by molar-refractivity contribution is 7.92. The highest BCUT2D eigenvalue weighted by atomic mass is 32.2. The molecule has 1 aromatic heterocycles. The number of amides is 2. The van der Waals surface area contributed by atoms with Crippen molar-refractivity contribution in [2.24, 2.45) is 0 Å². The molecule has 142 valence electrons. The van der Waals surface area contributed by atoms with Gasteiger partial charge in [0, 0.05) is 31.2 Å². The summed E-state index contributed by atoms with van der Waals surface area (Å²) in [6.07, 6.45) is 5.86. The van der Waals surface area contributed by atoms with Gasteiger partial charge >= 0.3 is 11.8 Å². The van der Waals surface area contributed by atoms with Crippen LogP contribution in [0, 0.1) is 0 Å². The maximum Gasteiger partial charge on any atom is 0.313 e. The van der Waals surface area contributed by atoms with Crippen molar-refractivity contribution in [2.75, 3.05) is 22.4 Å². The lowest BCUT2D eigenvalue weighted by atomic mass is 10.0. The second-order valence-corrected chi connectivity index (χ2v) is 8.18. The van der Waals surface area contributed by atoms with Crippen LogP contribution in [0.3, 0.4) is 0 Å². The Morgan fingerprint density at radius 2 is 1.89 bits per heavy atom. The number of anilines is 2. The van der Waals surface area contributed by atoms with Gasteiger partial charge in [-0.25, -0.2) is 8.42 Å². The largest absolute Gasteiger partial charge is 0.344 e. The Morgan fingerprint density at radius 1 is 1.15 bits per heavy atom. The summed E-state index contributed by atoms with van der Waals surface area (Å²) in [4.78, 5) is 28.0. The molecule has 0 unspecified atom stereocenters. The third-order valence-electron chi connectivity index (χ3n) is 4.23. The number of hydrogen-bond donors (Lipinski definition) is 2. The minimum Gasteiger partial charge on any atom is -0.344 e. The zero-order valence-electron chi connectivity index (χ0n) is 14.8. The molecule has 0 bridgehead atoms. The van der Waals surface area contributed by atoms with Gasteiger partial charge in [-0.05, 0) is 48.2 Å². The van der Waals surface area contributed by atoms with Crippen LogP contribution in [-0.2, 0) is 32.6 Å². The van der Waals surface area contributed by atoms with Gasteiger partial charge in [0.15, 0.2) is 0 Å². The molecule has 0 spiro atoms. The van der Waals surface area contributed by atoms with Gasteiger partial charge in [-0.2, -0.15) is 0 Å². The average molecular weight is 388 g/mol. The number of rotatable bonds is 4. The Labute approximate surface area is 157 Å². The number of benzene rings is 1. The molecule has 1 aromatic carbocycles. The molecule has 2 aromatic rings. The molecule has 0 radical (unpaired) electrons. The minimum absolute atomic E-state index is 0.209. The number of aryl methyl sites for hydroxylation is 1. The Hall–Kier alpha value is -2.94. The molecule has 1 aliphatic rings. The molecule has 9 heteroatoms.